The summed E-state index contributed by atoms with van der Waals surface area (Å²) in [4.78, 5) is 7.44. The first kappa shape index (κ1) is 11.2. The smallest absolute Gasteiger partial charge is 0.0451 e. The van der Waals surface area contributed by atoms with Crippen LogP contribution < -0.4 is 5.32 Å². The molecule has 2 aromatic rings. The van der Waals surface area contributed by atoms with Crippen LogP contribution in [0.2, 0.25) is 0 Å². The standard InChI is InChI=1S/C8H11N.C4H4N2/c1-7-5-3-4-6-8(7)9-2;1-2-6-4-3-5-1/h3-6,9H,1-2H3;1-4H. The first-order valence-corrected chi connectivity index (χ1v) is 4.78. The lowest BCUT2D eigenvalue weighted by atomic mass is 10.2. The lowest BCUT2D eigenvalue weighted by Crippen LogP contribution is -1.89. The molecule has 1 aromatic carbocycles. The minimum absolute atomic E-state index is 1.21. The van der Waals surface area contributed by atoms with Gasteiger partial charge in [-0.3, -0.25) is 9.97 Å². The highest BCUT2D eigenvalue weighted by Crippen LogP contribution is 2.10. The van der Waals surface area contributed by atoms with Crippen LogP contribution in [0.25, 0.3) is 0 Å². The summed E-state index contributed by atoms with van der Waals surface area (Å²) in [5, 5.41) is 3.10. The van der Waals surface area contributed by atoms with Crippen molar-refractivity contribution in [1.82, 2.24) is 9.97 Å². The molecule has 1 heterocycles. The average Bonchev–Trinajstić information content (AvgIpc) is 2.33. The second-order valence-corrected chi connectivity index (χ2v) is 2.96. The van der Waals surface area contributed by atoms with E-state index in [1.807, 2.05) is 19.2 Å². The van der Waals surface area contributed by atoms with Crippen molar-refractivity contribution in [3.63, 3.8) is 0 Å². The van der Waals surface area contributed by atoms with Crippen molar-refractivity contribution >= 4 is 5.69 Å². The summed E-state index contributed by atoms with van der Waals surface area (Å²) >= 11 is 0. The van der Waals surface area contributed by atoms with E-state index in [1.165, 1.54) is 11.3 Å². The van der Waals surface area contributed by atoms with Gasteiger partial charge in [-0.25, -0.2) is 0 Å². The third kappa shape index (κ3) is 4.22. The van der Waals surface area contributed by atoms with Gasteiger partial charge in [0.2, 0.25) is 0 Å². The molecule has 0 radical (unpaired) electrons. The molecule has 0 aliphatic rings. The summed E-state index contributed by atoms with van der Waals surface area (Å²) in [5.74, 6) is 0. The largest absolute Gasteiger partial charge is 0.388 e. The molecule has 0 bridgehead atoms. The SMILES string of the molecule is CNc1ccccc1C.c1cnccn1. The fourth-order valence-electron chi connectivity index (χ4n) is 1.11. The van der Waals surface area contributed by atoms with Gasteiger partial charge in [-0.1, -0.05) is 18.2 Å². The van der Waals surface area contributed by atoms with Gasteiger partial charge in [0.25, 0.3) is 0 Å². The van der Waals surface area contributed by atoms with Crippen LogP contribution in [0, 0.1) is 6.92 Å². The Balaban J connectivity index is 0.000000162. The number of anilines is 1. The predicted octanol–water partition coefficient (Wildman–Crippen LogP) is 2.51. The van der Waals surface area contributed by atoms with E-state index in [2.05, 4.69) is 34.3 Å². The van der Waals surface area contributed by atoms with E-state index in [1.54, 1.807) is 24.8 Å². The monoisotopic (exact) mass is 201 g/mol. The summed E-state index contributed by atoms with van der Waals surface area (Å²) in [5.41, 5.74) is 2.50. The van der Waals surface area contributed by atoms with Gasteiger partial charge >= 0.3 is 0 Å². The zero-order chi connectivity index (χ0) is 10.9. The minimum atomic E-state index is 1.21. The van der Waals surface area contributed by atoms with Crippen molar-refractivity contribution in [2.75, 3.05) is 12.4 Å². The zero-order valence-corrected chi connectivity index (χ0v) is 9.01. The third-order valence-electron chi connectivity index (χ3n) is 1.89. The Kier molecular flexibility index (Phi) is 4.87. The van der Waals surface area contributed by atoms with E-state index in [0.29, 0.717) is 0 Å². The first-order valence-electron chi connectivity index (χ1n) is 4.78. The molecule has 0 unspecified atom stereocenters. The molecular formula is C12H15N3. The lowest BCUT2D eigenvalue weighted by molar-refractivity contribution is 1.20. The molecule has 0 atom stereocenters. The summed E-state index contributed by atoms with van der Waals surface area (Å²) in [6.45, 7) is 2.09. The van der Waals surface area contributed by atoms with Crippen LogP contribution in [-0.2, 0) is 0 Å². The van der Waals surface area contributed by atoms with Crippen LogP contribution >= 0.6 is 0 Å². The number of hydrogen-bond donors (Lipinski definition) is 1. The summed E-state index contributed by atoms with van der Waals surface area (Å²) < 4.78 is 0. The number of nitrogens with zero attached hydrogens (tertiary/aromatic N) is 2. The van der Waals surface area contributed by atoms with Crippen molar-refractivity contribution in [2.45, 2.75) is 6.92 Å². The Hall–Kier alpha value is -1.90. The summed E-state index contributed by atoms with van der Waals surface area (Å²) in [6.07, 6.45) is 6.56. The fraction of sp³-hybridized carbons (Fsp3) is 0.167. The van der Waals surface area contributed by atoms with Crippen molar-refractivity contribution in [1.29, 1.82) is 0 Å². The highest BCUT2D eigenvalue weighted by Gasteiger charge is 1.88. The maximum atomic E-state index is 3.72. The maximum Gasteiger partial charge on any atom is 0.0451 e. The zero-order valence-electron chi connectivity index (χ0n) is 9.01. The van der Waals surface area contributed by atoms with Crippen molar-refractivity contribution in [3.05, 3.63) is 54.6 Å². The minimum Gasteiger partial charge on any atom is -0.388 e. The predicted molar refractivity (Wildman–Crippen MR) is 62.8 cm³/mol. The number of nitrogens with one attached hydrogen (secondary N) is 1. The van der Waals surface area contributed by atoms with Gasteiger partial charge in [0.15, 0.2) is 0 Å². The summed E-state index contributed by atoms with van der Waals surface area (Å²) in [6, 6.07) is 8.22. The topological polar surface area (TPSA) is 37.8 Å². The normalized spacial score (nSPS) is 8.67. The maximum absolute atomic E-state index is 3.72. The number of para-hydroxylation sites is 1. The molecule has 0 saturated carbocycles. The molecule has 0 aliphatic heterocycles. The number of aromatic nitrogens is 2. The van der Waals surface area contributed by atoms with E-state index in [-0.39, 0.29) is 0 Å². The molecule has 1 aromatic heterocycles. The van der Waals surface area contributed by atoms with Gasteiger partial charge in [0, 0.05) is 37.5 Å². The van der Waals surface area contributed by atoms with Crippen LogP contribution in [0.5, 0.6) is 0 Å². The molecule has 0 fully saturated rings. The number of benzene rings is 1. The molecule has 15 heavy (non-hydrogen) atoms. The van der Waals surface area contributed by atoms with E-state index in [9.17, 15) is 0 Å². The van der Waals surface area contributed by atoms with E-state index >= 15 is 0 Å². The molecule has 3 heteroatoms. The molecule has 0 amide bonds. The van der Waals surface area contributed by atoms with Crippen LogP contribution in [0.4, 0.5) is 5.69 Å². The highest BCUT2D eigenvalue weighted by molar-refractivity contribution is 5.49. The first-order chi connectivity index (χ1) is 7.34. The van der Waals surface area contributed by atoms with Crippen molar-refractivity contribution in [2.24, 2.45) is 0 Å². The van der Waals surface area contributed by atoms with Crippen LogP contribution in [0.1, 0.15) is 5.56 Å². The molecular weight excluding hydrogens is 186 g/mol. The van der Waals surface area contributed by atoms with Gasteiger partial charge in [-0.15, -0.1) is 0 Å². The van der Waals surface area contributed by atoms with E-state index < -0.39 is 0 Å². The quantitative estimate of drug-likeness (QED) is 0.770. The third-order valence-corrected chi connectivity index (χ3v) is 1.89. The number of rotatable bonds is 1. The van der Waals surface area contributed by atoms with Gasteiger partial charge in [0.05, 0.1) is 0 Å². The molecule has 0 saturated heterocycles. The number of aryl methyl sites for hydroxylation is 1. The molecule has 78 valence electrons. The van der Waals surface area contributed by atoms with Crippen molar-refractivity contribution in [3.8, 4) is 0 Å². The molecule has 0 aliphatic carbocycles. The number of hydrogen-bond acceptors (Lipinski definition) is 3. The van der Waals surface area contributed by atoms with Crippen LogP contribution in [0.3, 0.4) is 0 Å². The Morgan fingerprint density at radius 2 is 1.47 bits per heavy atom. The Labute approximate surface area is 90.2 Å². The molecule has 0 spiro atoms. The van der Waals surface area contributed by atoms with E-state index in [0.717, 1.165) is 0 Å². The van der Waals surface area contributed by atoms with Gasteiger partial charge in [-0.05, 0) is 18.6 Å². The lowest BCUT2D eigenvalue weighted by Gasteiger charge is -2.01. The van der Waals surface area contributed by atoms with Crippen molar-refractivity contribution < 1.29 is 0 Å². The van der Waals surface area contributed by atoms with Crippen LogP contribution in [-0.4, -0.2) is 17.0 Å². The molecule has 3 nitrogen and oxygen atoms in total. The fourth-order valence-corrected chi connectivity index (χ4v) is 1.11. The molecule has 1 N–H and O–H groups in total. The Bertz CT molecular complexity index is 347. The van der Waals surface area contributed by atoms with Gasteiger partial charge in [0.1, 0.15) is 0 Å². The Morgan fingerprint density at radius 3 is 1.80 bits per heavy atom. The van der Waals surface area contributed by atoms with Gasteiger partial charge in [-0.2, -0.15) is 0 Å². The van der Waals surface area contributed by atoms with Gasteiger partial charge < -0.3 is 5.32 Å². The van der Waals surface area contributed by atoms with E-state index in [4.69, 9.17) is 0 Å². The van der Waals surface area contributed by atoms with Crippen LogP contribution in [0.15, 0.2) is 49.1 Å². The second-order valence-electron chi connectivity index (χ2n) is 2.96. The average molecular weight is 201 g/mol. The highest BCUT2D eigenvalue weighted by atomic mass is 14.8. The molecule has 2 rings (SSSR count). The summed E-state index contributed by atoms with van der Waals surface area (Å²) in [7, 11) is 1.93. The second kappa shape index (κ2) is 6.54. The Morgan fingerprint density at radius 1 is 0.933 bits per heavy atom.